The number of rotatable bonds is 3. The van der Waals surface area contributed by atoms with Crippen molar-refractivity contribution < 1.29 is 4.42 Å². The Morgan fingerprint density at radius 3 is 2.14 bits per heavy atom. The summed E-state index contributed by atoms with van der Waals surface area (Å²) in [4.78, 5) is 4.99. The van der Waals surface area contributed by atoms with Crippen molar-refractivity contribution in [3.8, 4) is 5.69 Å². The van der Waals surface area contributed by atoms with E-state index in [0.29, 0.717) is 0 Å². The number of para-hydroxylation sites is 4. The van der Waals surface area contributed by atoms with Crippen molar-refractivity contribution in [2.75, 3.05) is 4.90 Å². The minimum absolute atomic E-state index is 0.147. The zero-order valence-corrected chi connectivity index (χ0v) is 24.8. The van der Waals surface area contributed by atoms with Crippen LogP contribution in [0, 0.1) is 6.92 Å². The second-order valence-electron chi connectivity index (χ2n) is 11.8. The van der Waals surface area contributed by atoms with Crippen molar-refractivity contribution in [1.29, 1.82) is 0 Å². The molecule has 2 aliphatic rings. The van der Waals surface area contributed by atoms with Crippen LogP contribution < -0.4 is 21.3 Å². The van der Waals surface area contributed by atoms with E-state index in [1.807, 2.05) is 11.8 Å². The first-order valence-electron chi connectivity index (χ1n) is 15.1. The molecule has 0 fully saturated rings. The van der Waals surface area contributed by atoms with Gasteiger partial charge in [-0.15, -0.1) is 0 Å². The Bertz CT molecular complexity index is 2410. The van der Waals surface area contributed by atoms with Crippen LogP contribution in [0.5, 0.6) is 0 Å². The summed E-state index contributed by atoms with van der Waals surface area (Å²) in [5.74, 6) is 0. The molecule has 0 aliphatic carbocycles. The zero-order chi connectivity index (χ0) is 28.9. The summed E-state index contributed by atoms with van der Waals surface area (Å²) < 4.78 is 9.04. The zero-order valence-electron chi connectivity index (χ0n) is 24.0. The van der Waals surface area contributed by atoms with E-state index in [0.717, 1.165) is 33.6 Å². The summed E-state index contributed by atoms with van der Waals surface area (Å²) in [6.07, 6.45) is 0. The van der Waals surface area contributed by atoms with Crippen LogP contribution in [-0.2, 0) is 0 Å². The van der Waals surface area contributed by atoms with Crippen LogP contribution in [0.3, 0.4) is 0 Å². The van der Waals surface area contributed by atoms with Gasteiger partial charge in [0.25, 0.3) is 0 Å². The second-order valence-corrected chi connectivity index (χ2v) is 12.9. The molecule has 0 N–H and O–H groups in total. The van der Waals surface area contributed by atoms with Gasteiger partial charge in [-0.05, 0) is 90.1 Å². The average molecular weight is 581 g/mol. The van der Waals surface area contributed by atoms with Crippen LogP contribution in [-0.4, -0.2) is 11.3 Å². The van der Waals surface area contributed by atoms with Crippen LogP contribution in [0.2, 0.25) is 0 Å². The molecule has 4 heterocycles. The van der Waals surface area contributed by atoms with Gasteiger partial charge in [-0.2, -0.15) is 0 Å². The highest BCUT2D eigenvalue weighted by Crippen LogP contribution is 2.43. The fourth-order valence-corrected chi connectivity index (χ4v) is 8.81. The van der Waals surface area contributed by atoms with Crippen LogP contribution in [0.25, 0.3) is 38.7 Å². The summed E-state index contributed by atoms with van der Waals surface area (Å²) in [6, 6.07) is 48.3. The number of hydrogen-bond acceptors (Lipinski definition) is 3. The molecule has 0 spiro atoms. The monoisotopic (exact) mass is 580 g/mol. The molecule has 2 aliphatic heterocycles. The van der Waals surface area contributed by atoms with E-state index in [1.165, 1.54) is 53.8 Å². The number of benzene rings is 6. The van der Waals surface area contributed by atoms with Crippen LogP contribution in [0.15, 0.2) is 148 Å². The van der Waals surface area contributed by atoms with E-state index in [-0.39, 0.29) is 6.71 Å². The molecular formula is C39H25BN2OS. The highest BCUT2D eigenvalue weighted by molar-refractivity contribution is 8.00. The number of fused-ring (bicyclic) bond motifs is 9. The molecule has 206 valence electrons. The summed E-state index contributed by atoms with van der Waals surface area (Å²) >= 11 is 1.90. The van der Waals surface area contributed by atoms with Gasteiger partial charge < -0.3 is 13.9 Å². The molecule has 3 nitrogen and oxygen atoms in total. The van der Waals surface area contributed by atoms with Crippen molar-refractivity contribution >= 4 is 84.9 Å². The normalized spacial score (nSPS) is 13.0. The smallest absolute Gasteiger partial charge is 0.249 e. The maximum Gasteiger partial charge on any atom is 0.249 e. The van der Waals surface area contributed by atoms with E-state index < -0.39 is 0 Å². The van der Waals surface area contributed by atoms with Gasteiger partial charge in [0.1, 0.15) is 11.1 Å². The predicted molar refractivity (Wildman–Crippen MR) is 185 cm³/mol. The summed E-state index contributed by atoms with van der Waals surface area (Å²) in [6.45, 7) is 2.37. The Morgan fingerprint density at radius 1 is 0.614 bits per heavy atom. The van der Waals surface area contributed by atoms with E-state index in [9.17, 15) is 0 Å². The third-order valence-corrected chi connectivity index (χ3v) is 10.4. The molecule has 0 saturated carbocycles. The Kier molecular flexibility index (Phi) is 4.95. The third kappa shape index (κ3) is 3.25. The first-order valence-corrected chi connectivity index (χ1v) is 15.9. The van der Waals surface area contributed by atoms with Crippen molar-refractivity contribution in [3.05, 3.63) is 139 Å². The van der Waals surface area contributed by atoms with Gasteiger partial charge in [0, 0.05) is 43.3 Å². The van der Waals surface area contributed by atoms with Crippen molar-refractivity contribution in [2.24, 2.45) is 0 Å². The fraction of sp³-hybridized carbons (Fsp3) is 0.0256. The standard InChI is InChI=1S/C39H25BN2OS/c1-24-21-32-36-35(22-24)44-34-23-27(41(25-11-4-2-5-12-25)26-13-6-3-7-14-26)19-20-30(34)40(36)31-17-10-16-29-37(31)42(32)38-28-15-8-9-18-33(28)43-39(29)38/h2-23H,1H3. The highest BCUT2D eigenvalue weighted by Gasteiger charge is 2.40. The Morgan fingerprint density at radius 2 is 1.34 bits per heavy atom. The minimum Gasteiger partial charge on any atom is -0.454 e. The van der Waals surface area contributed by atoms with E-state index in [1.54, 1.807) is 0 Å². The lowest BCUT2D eigenvalue weighted by molar-refractivity contribution is 0.673. The number of nitrogens with zero attached hydrogens (tertiary/aromatic N) is 2. The molecule has 0 saturated heterocycles. The SMILES string of the molecule is Cc1cc2c3c(c1)-n1c4c(cccc4c4oc5ccccc5c41)B3c1ccc(N(c3ccccc3)c3ccccc3)cc1S2. The molecule has 5 heteroatoms. The molecule has 0 atom stereocenters. The van der Waals surface area contributed by atoms with Crippen molar-refractivity contribution in [2.45, 2.75) is 16.7 Å². The Labute approximate surface area is 259 Å². The Balaban J connectivity index is 1.24. The molecule has 10 rings (SSSR count). The minimum atomic E-state index is 0.147. The molecule has 2 aromatic heterocycles. The number of aromatic nitrogens is 1. The van der Waals surface area contributed by atoms with Gasteiger partial charge in [-0.1, -0.05) is 84.0 Å². The fourth-order valence-electron chi connectivity index (χ4n) is 7.51. The van der Waals surface area contributed by atoms with Gasteiger partial charge in [0.15, 0.2) is 5.58 Å². The maximum atomic E-state index is 6.56. The van der Waals surface area contributed by atoms with E-state index in [2.05, 4.69) is 150 Å². The first-order chi connectivity index (χ1) is 21.7. The lowest BCUT2D eigenvalue weighted by atomic mass is 9.35. The molecular weight excluding hydrogens is 555 g/mol. The quantitative estimate of drug-likeness (QED) is 0.195. The third-order valence-electron chi connectivity index (χ3n) is 9.25. The molecule has 0 unspecified atom stereocenters. The summed E-state index contributed by atoms with van der Waals surface area (Å²) in [5, 5.41) is 2.34. The van der Waals surface area contributed by atoms with Crippen LogP contribution in [0.4, 0.5) is 17.1 Å². The number of hydrogen-bond donors (Lipinski definition) is 0. The summed E-state index contributed by atoms with van der Waals surface area (Å²) in [5.41, 5.74) is 14.4. The van der Waals surface area contributed by atoms with Gasteiger partial charge in [-0.3, -0.25) is 0 Å². The second kappa shape index (κ2) is 8.95. The molecule has 6 aromatic carbocycles. The highest BCUT2D eigenvalue weighted by atomic mass is 32.2. The first kappa shape index (κ1) is 24.3. The van der Waals surface area contributed by atoms with E-state index in [4.69, 9.17) is 4.42 Å². The van der Waals surface area contributed by atoms with Gasteiger partial charge in [0.2, 0.25) is 6.71 Å². The largest absolute Gasteiger partial charge is 0.454 e. The van der Waals surface area contributed by atoms with Crippen LogP contribution >= 0.6 is 11.8 Å². The molecule has 44 heavy (non-hydrogen) atoms. The van der Waals surface area contributed by atoms with Crippen molar-refractivity contribution in [1.82, 2.24) is 4.57 Å². The van der Waals surface area contributed by atoms with Gasteiger partial charge in [0.05, 0.1) is 5.52 Å². The lowest BCUT2D eigenvalue weighted by Gasteiger charge is -2.34. The maximum absolute atomic E-state index is 6.56. The molecule has 0 radical (unpaired) electrons. The van der Waals surface area contributed by atoms with E-state index >= 15 is 0 Å². The Hall–Kier alpha value is -5.13. The number of anilines is 3. The summed E-state index contributed by atoms with van der Waals surface area (Å²) in [7, 11) is 0. The van der Waals surface area contributed by atoms with Crippen molar-refractivity contribution in [3.63, 3.8) is 0 Å². The lowest BCUT2D eigenvalue weighted by Crippen LogP contribution is -2.58. The average Bonchev–Trinajstić information content (AvgIpc) is 3.60. The van der Waals surface area contributed by atoms with Gasteiger partial charge in [-0.25, -0.2) is 0 Å². The van der Waals surface area contributed by atoms with Gasteiger partial charge >= 0.3 is 0 Å². The topological polar surface area (TPSA) is 21.3 Å². The molecule has 8 aromatic rings. The molecule has 0 bridgehead atoms. The van der Waals surface area contributed by atoms with Crippen LogP contribution in [0.1, 0.15) is 5.56 Å². The predicted octanol–water partition coefficient (Wildman–Crippen LogP) is 8.60. The number of aryl methyl sites for hydroxylation is 1. The number of furan rings is 1. The molecule has 0 amide bonds.